The highest BCUT2D eigenvalue weighted by atomic mass is 19.3. The molecular formula is C18H19F2NO4. The average molecular weight is 351 g/mol. The van der Waals surface area contributed by atoms with Crippen molar-refractivity contribution in [2.24, 2.45) is 0 Å². The lowest BCUT2D eigenvalue weighted by molar-refractivity contribution is -0.143. The number of rotatable bonds is 7. The van der Waals surface area contributed by atoms with E-state index in [0.29, 0.717) is 11.3 Å². The van der Waals surface area contributed by atoms with Crippen molar-refractivity contribution in [1.29, 1.82) is 0 Å². The minimum absolute atomic E-state index is 0.610. The first-order valence-corrected chi connectivity index (χ1v) is 7.71. The maximum Gasteiger partial charge on any atom is 0.326 e. The molecule has 2 unspecified atom stereocenters. The van der Waals surface area contributed by atoms with E-state index < -0.39 is 36.7 Å². The smallest absolute Gasteiger partial charge is 0.326 e. The Labute approximate surface area is 143 Å². The van der Waals surface area contributed by atoms with Gasteiger partial charge in [-0.25, -0.2) is 13.6 Å². The fourth-order valence-corrected chi connectivity index (χ4v) is 2.49. The van der Waals surface area contributed by atoms with E-state index in [2.05, 4.69) is 5.32 Å². The van der Waals surface area contributed by atoms with E-state index in [0.717, 1.165) is 10.8 Å². The molecule has 0 aliphatic rings. The molecule has 0 aliphatic heterocycles. The highest BCUT2D eigenvalue weighted by Crippen LogP contribution is 2.25. The summed E-state index contributed by atoms with van der Waals surface area (Å²) in [5.74, 6) is -2.05. The number of ether oxygens (including phenoxy) is 1. The summed E-state index contributed by atoms with van der Waals surface area (Å²) in [4.78, 5) is 23.2. The van der Waals surface area contributed by atoms with Gasteiger partial charge in [-0.1, -0.05) is 24.3 Å². The number of benzene rings is 2. The van der Waals surface area contributed by atoms with Gasteiger partial charge >= 0.3 is 5.97 Å². The molecule has 0 spiro atoms. The SMILES string of the molecule is COc1ccc2cc(C(C)C(=O)NC(CC(F)F)C(=O)O)ccc2c1. The van der Waals surface area contributed by atoms with E-state index in [1.807, 2.05) is 24.3 Å². The Morgan fingerprint density at radius 3 is 2.40 bits per heavy atom. The van der Waals surface area contributed by atoms with Crippen LogP contribution in [0.15, 0.2) is 36.4 Å². The van der Waals surface area contributed by atoms with Crippen LogP contribution in [0.25, 0.3) is 10.8 Å². The lowest BCUT2D eigenvalue weighted by atomic mass is 9.96. The molecule has 0 bridgehead atoms. The number of carbonyl (C=O) groups excluding carboxylic acids is 1. The molecule has 7 heteroatoms. The number of aliphatic carboxylic acids is 1. The fourth-order valence-electron chi connectivity index (χ4n) is 2.49. The van der Waals surface area contributed by atoms with Crippen LogP contribution in [0.5, 0.6) is 5.75 Å². The van der Waals surface area contributed by atoms with Crippen LogP contribution in [0.1, 0.15) is 24.8 Å². The summed E-state index contributed by atoms with van der Waals surface area (Å²) in [6.07, 6.45) is -3.74. The van der Waals surface area contributed by atoms with E-state index >= 15 is 0 Å². The molecule has 0 heterocycles. The first-order valence-electron chi connectivity index (χ1n) is 7.71. The summed E-state index contributed by atoms with van der Waals surface area (Å²) >= 11 is 0. The van der Waals surface area contributed by atoms with Crippen LogP contribution in [0.3, 0.4) is 0 Å². The van der Waals surface area contributed by atoms with Gasteiger partial charge in [-0.2, -0.15) is 0 Å². The first kappa shape index (κ1) is 18.6. The van der Waals surface area contributed by atoms with Gasteiger partial charge in [0.05, 0.1) is 13.0 Å². The van der Waals surface area contributed by atoms with Crippen molar-refractivity contribution in [3.63, 3.8) is 0 Å². The minimum Gasteiger partial charge on any atom is -0.497 e. The Hall–Kier alpha value is -2.70. The van der Waals surface area contributed by atoms with Crippen molar-refractivity contribution < 1.29 is 28.2 Å². The van der Waals surface area contributed by atoms with E-state index in [-0.39, 0.29) is 0 Å². The number of halogens is 2. The predicted octanol–water partition coefficient (Wildman–Crippen LogP) is 3.18. The van der Waals surface area contributed by atoms with E-state index in [1.54, 1.807) is 26.2 Å². The number of fused-ring (bicyclic) bond motifs is 1. The van der Waals surface area contributed by atoms with Gasteiger partial charge in [0.1, 0.15) is 11.8 Å². The molecule has 0 saturated heterocycles. The third-order valence-electron chi connectivity index (χ3n) is 3.99. The zero-order chi connectivity index (χ0) is 18.6. The molecule has 0 aromatic heterocycles. The Morgan fingerprint density at radius 1 is 1.16 bits per heavy atom. The fraction of sp³-hybridized carbons (Fsp3) is 0.333. The molecule has 134 valence electrons. The number of amides is 1. The Bertz CT molecular complexity index is 779. The van der Waals surface area contributed by atoms with Gasteiger partial charge in [0.25, 0.3) is 0 Å². The lowest BCUT2D eigenvalue weighted by Crippen LogP contribution is -2.43. The Kier molecular flexibility index (Phi) is 5.90. The van der Waals surface area contributed by atoms with Gasteiger partial charge in [-0.05, 0) is 35.4 Å². The van der Waals surface area contributed by atoms with Gasteiger partial charge in [0.15, 0.2) is 0 Å². The molecule has 5 nitrogen and oxygen atoms in total. The number of nitrogens with one attached hydrogen (secondary N) is 1. The standard InChI is InChI=1S/C18H19F2NO4/c1-10(17(22)21-15(18(23)24)9-16(19)20)11-3-4-13-8-14(25-2)6-5-12(13)7-11/h3-8,10,15-16H,9H2,1-2H3,(H,21,22)(H,23,24). The van der Waals surface area contributed by atoms with Crippen molar-refractivity contribution in [3.05, 3.63) is 42.0 Å². The largest absolute Gasteiger partial charge is 0.497 e. The van der Waals surface area contributed by atoms with Crippen molar-refractivity contribution in [2.75, 3.05) is 7.11 Å². The molecule has 0 saturated carbocycles. The molecule has 2 aromatic carbocycles. The van der Waals surface area contributed by atoms with Crippen molar-refractivity contribution in [3.8, 4) is 5.75 Å². The summed E-state index contributed by atoms with van der Waals surface area (Å²) in [5, 5.41) is 12.9. The van der Waals surface area contributed by atoms with Crippen molar-refractivity contribution in [1.82, 2.24) is 5.32 Å². The first-order chi connectivity index (χ1) is 11.8. The normalized spacial score (nSPS) is 13.5. The number of methoxy groups -OCH3 is 1. The van der Waals surface area contributed by atoms with Crippen LogP contribution in [0.2, 0.25) is 0 Å². The molecule has 2 rings (SSSR count). The second-order valence-electron chi connectivity index (χ2n) is 5.72. The van der Waals surface area contributed by atoms with Gasteiger partial charge in [-0.15, -0.1) is 0 Å². The third kappa shape index (κ3) is 4.65. The molecular weight excluding hydrogens is 332 g/mol. The monoisotopic (exact) mass is 351 g/mol. The number of hydrogen-bond donors (Lipinski definition) is 2. The number of hydrogen-bond acceptors (Lipinski definition) is 3. The second kappa shape index (κ2) is 7.92. The topological polar surface area (TPSA) is 75.6 Å². The second-order valence-corrected chi connectivity index (χ2v) is 5.72. The number of alkyl halides is 2. The quantitative estimate of drug-likeness (QED) is 0.803. The van der Waals surface area contributed by atoms with Crippen LogP contribution in [-0.4, -0.2) is 36.6 Å². The van der Waals surface area contributed by atoms with Crippen molar-refractivity contribution in [2.45, 2.75) is 31.7 Å². The van der Waals surface area contributed by atoms with Crippen LogP contribution in [0, 0.1) is 0 Å². The summed E-state index contributed by atoms with van der Waals surface area (Å²) in [5.41, 5.74) is 0.663. The van der Waals surface area contributed by atoms with Crippen LogP contribution < -0.4 is 10.1 Å². The third-order valence-corrected chi connectivity index (χ3v) is 3.99. The molecule has 2 aromatic rings. The summed E-state index contributed by atoms with van der Waals surface area (Å²) in [6, 6.07) is 9.26. The van der Waals surface area contributed by atoms with E-state index in [4.69, 9.17) is 9.84 Å². The lowest BCUT2D eigenvalue weighted by Gasteiger charge is -2.18. The molecule has 0 fully saturated rings. The minimum atomic E-state index is -2.81. The van der Waals surface area contributed by atoms with Gasteiger partial charge in [0, 0.05) is 6.42 Å². The Balaban J connectivity index is 2.18. The predicted molar refractivity (Wildman–Crippen MR) is 89.1 cm³/mol. The molecule has 1 amide bonds. The van der Waals surface area contributed by atoms with E-state index in [1.165, 1.54) is 0 Å². The zero-order valence-corrected chi connectivity index (χ0v) is 13.8. The summed E-state index contributed by atoms with van der Waals surface area (Å²) < 4.78 is 30.0. The summed E-state index contributed by atoms with van der Waals surface area (Å²) in [6.45, 7) is 1.60. The highest BCUT2D eigenvalue weighted by Gasteiger charge is 2.26. The Morgan fingerprint density at radius 2 is 1.80 bits per heavy atom. The number of carboxylic acids is 1. The van der Waals surface area contributed by atoms with Gasteiger partial charge < -0.3 is 15.2 Å². The average Bonchev–Trinajstić information content (AvgIpc) is 2.58. The molecule has 2 atom stereocenters. The zero-order valence-electron chi connectivity index (χ0n) is 13.8. The molecule has 2 N–H and O–H groups in total. The summed E-state index contributed by atoms with van der Waals surface area (Å²) in [7, 11) is 1.57. The van der Waals surface area contributed by atoms with E-state index in [9.17, 15) is 18.4 Å². The highest BCUT2D eigenvalue weighted by molar-refractivity contribution is 5.90. The van der Waals surface area contributed by atoms with Crippen molar-refractivity contribution >= 4 is 22.6 Å². The molecule has 0 aliphatic carbocycles. The number of carbonyl (C=O) groups is 2. The maximum atomic E-state index is 12.4. The molecule has 25 heavy (non-hydrogen) atoms. The molecule has 0 radical (unpaired) electrons. The van der Waals surface area contributed by atoms with Crippen LogP contribution in [0.4, 0.5) is 8.78 Å². The number of carboxylic acid groups (broad SMARTS) is 1. The maximum absolute atomic E-state index is 12.4. The van der Waals surface area contributed by atoms with Crippen LogP contribution >= 0.6 is 0 Å². The van der Waals surface area contributed by atoms with Crippen LogP contribution in [-0.2, 0) is 9.59 Å². The van der Waals surface area contributed by atoms with Gasteiger partial charge in [0.2, 0.25) is 12.3 Å². The van der Waals surface area contributed by atoms with Gasteiger partial charge in [-0.3, -0.25) is 4.79 Å².